The first-order valence-corrected chi connectivity index (χ1v) is 8.70. The predicted molar refractivity (Wildman–Crippen MR) is 85.1 cm³/mol. The molecular weight excluding hydrogens is 345 g/mol. The zero-order valence-corrected chi connectivity index (χ0v) is 13.6. The van der Waals surface area contributed by atoms with Crippen LogP contribution in [0.15, 0.2) is 47.4 Å². The number of sulfone groups is 1. The second-order valence-electron chi connectivity index (χ2n) is 4.70. The minimum atomic E-state index is -3.28. The van der Waals surface area contributed by atoms with Gasteiger partial charge in [0.05, 0.1) is 15.6 Å². The fraction of sp³-hybridized carbons (Fsp3) is 0.133. The Morgan fingerprint density at radius 1 is 1.22 bits per heavy atom. The second kappa shape index (κ2) is 6.97. The molecule has 0 spiro atoms. The lowest BCUT2D eigenvalue weighted by Gasteiger charge is -2.09. The predicted octanol–water partition coefficient (Wildman–Crippen LogP) is 2.90. The van der Waals surface area contributed by atoms with Crippen LogP contribution in [0.1, 0.15) is 0 Å². The van der Waals surface area contributed by atoms with Gasteiger partial charge in [-0.05, 0) is 42.5 Å². The Bertz CT molecular complexity index is 822. The molecule has 5 nitrogen and oxygen atoms in total. The number of carbonyl (C=O) groups is 1. The van der Waals surface area contributed by atoms with Crippen LogP contribution in [0.3, 0.4) is 0 Å². The lowest BCUT2D eigenvalue weighted by molar-refractivity contribution is -0.118. The number of hydrogen-bond donors (Lipinski definition) is 1. The van der Waals surface area contributed by atoms with Crippen LogP contribution in [-0.2, 0) is 14.6 Å². The number of ether oxygens (including phenoxy) is 1. The van der Waals surface area contributed by atoms with Gasteiger partial charge < -0.3 is 10.1 Å². The Kier molecular flexibility index (Phi) is 5.23. The summed E-state index contributed by atoms with van der Waals surface area (Å²) in [5.41, 5.74) is 0.272. The Morgan fingerprint density at radius 2 is 1.87 bits per heavy atom. The van der Waals surface area contributed by atoms with E-state index in [1.165, 1.54) is 36.4 Å². The van der Waals surface area contributed by atoms with E-state index in [1.54, 1.807) is 0 Å². The normalized spacial score (nSPS) is 11.1. The standard InChI is InChI=1S/C15H13ClFNO4S/c1-23(20,21)12-5-3-11(4-6-12)22-9-15(19)18-14-7-2-10(17)8-13(14)16/h2-8H,9H2,1H3,(H,18,19). The molecule has 0 radical (unpaired) electrons. The van der Waals surface area contributed by atoms with Gasteiger partial charge in [-0.1, -0.05) is 11.6 Å². The molecule has 0 aliphatic heterocycles. The summed E-state index contributed by atoms with van der Waals surface area (Å²) in [6.45, 7) is -0.300. The van der Waals surface area contributed by atoms with Crippen molar-refractivity contribution in [1.29, 1.82) is 0 Å². The van der Waals surface area contributed by atoms with E-state index < -0.39 is 21.6 Å². The van der Waals surface area contributed by atoms with Crippen molar-refractivity contribution in [2.75, 3.05) is 18.2 Å². The first-order valence-electron chi connectivity index (χ1n) is 6.43. The second-order valence-corrected chi connectivity index (χ2v) is 7.13. The zero-order valence-electron chi connectivity index (χ0n) is 12.0. The maximum Gasteiger partial charge on any atom is 0.262 e. The van der Waals surface area contributed by atoms with E-state index >= 15 is 0 Å². The van der Waals surface area contributed by atoms with Crippen molar-refractivity contribution in [3.8, 4) is 5.75 Å². The molecule has 0 atom stereocenters. The summed E-state index contributed by atoms with van der Waals surface area (Å²) in [5.74, 6) is -0.640. The largest absolute Gasteiger partial charge is 0.484 e. The third-order valence-corrected chi connectivity index (χ3v) is 4.27. The third-order valence-electron chi connectivity index (χ3n) is 2.83. The van der Waals surface area contributed by atoms with E-state index in [9.17, 15) is 17.6 Å². The van der Waals surface area contributed by atoms with E-state index in [0.29, 0.717) is 5.75 Å². The highest BCUT2D eigenvalue weighted by molar-refractivity contribution is 7.90. The van der Waals surface area contributed by atoms with Crippen molar-refractivity contribution >= 4 is 33.0 Å². The minimum absolute atomic E-state index is 0.0795. The van der Waals surface area contributed by atoms with Crippen molar-refractivity contribution in [2.24, 2.45) is 0 Å². The summed E-state index contributed by atoms with van der Waals surface area (Å²) >= 11 is 5.80. The van der Waals surface area contributed by atoms with Gasteiger partial charge in [-0.3, -0.25) is 4.79 Å². The van der Waals surface area contributed by atoms with Gasteiger partial charge >= 0.3 is 0 Å². The molecular formula is C15H13ClFNO4S. The highest BCUT2D eigenvalue weighted by atomic mass is 35.5. The molecule has 0 unspecified atom stereocenters. The van der Waals surface area contributed by atoms with Gasteiger partial charge in [0.25, 0.3) is 5.91 Å². The Balaban J connectivity index is 1.94. The summed E-state index contributed by atoms with van der Waals surface area (Å²) in [6, 6.07) is 9.28. The molecule has 2 rings (SSSR count). The SMILES string of the molecule is CS(=O)(=O)c1ccc(OCC(=O)Nc2ccc(F)cc2Cl)cc1. The molecule has 1 amide bonds. The van der Waals surface area contributed by atoms with E-state index in [0.717, 1.165) is 12.3 Å². The number of halogens is 2. The van der Waals surface area contributed by atoms with E-state index in [4.69, 9.17) is 16.3 Å². The number of hydrogen-bond acceptors (Lipinski definition) is 4. The first kappa shape index (κ1) is 17.2. The highest BCUT2D eigenvalue weighted by Crippen LogP contribution is 2.22. The number of carbonyl (C=O) groups excluding carboxylic acids is 1. The van der Waals surface area contributed by atoms with Crippen molar-refractivity contribution in [1.82, 2.24) is 0 Å². The molecule has 2 aromatic rings. The molecule has 0 aliphatic rings. The first-order chi connectivity index (χ1) is 10.8. The summed E-state index contributed by atoms with van der Waals surface area (Å²) in [7, 11) is -3.28. The quantitative estimate of drug-likeness (QED) is 0.893. The van der Waals surface area contributed by atoms with Crippen LogP contribution < -0.4 is 10.1 Å². The molecule has 122 valence electrons. The minimum Gasteiger partial charge on any atom is -0.484 e. The maximum atomic E-state index is 12.9. The van der Waals surface area contributed by atoms with Crippen molar-refractivity contribution in [3.63, 3.8) is 0 Å². The molecule has 8 heteroatoms. The van der Waals surface area contributed by atoms with Gasteiger partial charge in [0, 0.05) is 6.26 Å². The van der Waals surface area contributed by atoms with Crippen LogP contribution in [0, 0.1) is 5.82 Å². The summed E-state index contributed by atoms with van der Waals surface area (Å²) in [5, 5.41) is 2.56. The average Bonchev–Trinajstić information content (AvgIpc) is 2.47. The van der Waals surface area contributed by atoms with Crippen LogP contribution in [0.4, 0.5) is 10.1 Å². The number of benzene rings is 2. The number of amides is 1. The molecule has 1 N–H and O–H groups in total. The fourth-order valence-corrected chi connectivity index (χ4v) is 2.55. The van der Waals surface area contributed by atoms with Gasteiger partial charge in [-0.15, -0.1) is 0 Å². The molecule has 0 fully saturated rings. The van der Waals surface area contributed by atoms with Crippen LogP contribution in [0.25, 0.3) is 0 Å². The third kappa shape index (κ3) is 4.94. The smallest absolute Gasteiger partial charge is 0.262 e. The molecule has 0 aliphatic carbocycles. The van der Waals surface area contributed by atoms with Crippen LogP contribution >= 0.6 is 11.6 Å². The maximum absolute atomic E-state index is 12.9. The van der Waals surface area contributed by atoms with E-state index in [-0.39, 0.29) is 22.2 Å². The zero-order chi connectivity index (χ0) is 17.0. The van der Waals surface area contributed by atoms with Gasteiger partial charge in [0.1, 0.15) is 11.6 Å². The Morgan fingerprint density at radius 3 is 2.43 bits per heavy atom. The lowest BCUT2D eigenvalue weighted by atomic mass is 10.3. The van der Waals surface area contributed by atoms with Crippen molar-refractivity contribution in [3.05, 3.63) is 53.3 Å². The van der Waals surface area contributed by atoms with Crippen LogP contribution in [-0.4, -0.2) is 27.2 Å². The van der Waals surface area contributed by atoms with Crippen molar-refractivity contribution in [2.45, 2.75) is 4.90 Å². The molecule has 0 saturated heterocycles. The molecule has 2 aromatic carbocycles. The van der Waals surface area contributed by atoms with Crippen LogP contribution in [0.2, 0.25) is 5.02 Å². The lowest BCUT2D eigenvalue weighted by Crippen LogP contribution is -2.20. The molecule has 0 heterocycles. The van der Waals surface area contributed by atoms with Gasteiger partial charge in [0.2, 0.25) is 0 Å². The molecule has 0 aromatic heterocycles. The summed E-state index contributed by atoms with van der Waals surface area (Å²) in [6.07, 6.45) is 1.10. The van der Waals surface area contributed by atoms with Gasteiger partial charge in [-0.2, -0.15) is 0 Å². The molecule has 23 heavy (non-hydrogen) atoms. The van der Waals surface area contributed by atoms with Gasteiger partial charge in [0.15, 0.2) is 16.4 Å². The van der Waals surface area contributed by atoms with Crippen molar-refractivity contribution < 1.29 is 22.3 Å². The Hall–Kier alpha value is -2.12. The Labute approximate surface area is 138 Å². The number of nitrogens with one attached hydrogen (secondary N) is 1. The van der Waals surface area contributed by atoms with Crippen LogP contribution in [0.5, 0.6) is 5.75 Å². The monoisotopic (exact) mass is 357 g/mol. The van der Waals surface area contributed by atoms with E-state index in [1.807, 2.05) is 0 Å². The molecule has 0 bridgehead atoms. The molecule has 0 saturated carbocycles. The topological polar surface area (TPSA) is 72.5 Å². The highest BCUT2D eigenvalue weighted by Gasteiger charge is 2.09. The average molecular weight is 358 g/mol. The summed E-state index contributed by atoms with van der Waals surface area (Å²) in [4.78, 5) is 11.9. The summed E-state index contributed by atoms with van der Waals surface area (Å²) < 4.78 is 40.8. The number of rotatable bonds is 5. The number of anilines is 1. The van der Waals surface area contributed by atoms with E-state index in [2.05, 4.69) is 5.32 Å². The fourth-order valence-electron chi connectivity index (χ4n) is 1.71. The van der Waals surface area contributed by atoms with Gasteiger partial charge in [-0.25, -0.2) is 12.8 Å².